The van der Waals surface area contributed by atoms with Crippen molar-refractivity contribution in [1.82, 2.24) is 15.5 Å². The molecule has 0 saturated heterocycles. The van der Waals surface area contributed by atoms with Crippen LogP contribution in [0.5, 0.6) is 0 Å². The number of aromatic amines is 1. The number of nitrogens with one attached hydrogen (secondary N) is 2. The summed E-state index contributed by atoms with van der Waals surface area (Å²) >= 11 is 0. The number of aliphatic carboxylic acids is 1. The summed E-state index contributed by atoms with van der Waals surface area (Å²) in [6.07, 6.45) is 4.74. The van der Waals surface area contributed by atoms with Crippen LogP contribution in [0.1, 0.15) is 36.9 Å². The Balaban J connectivity index is 1.94. The summed E-state index contributed by atoms with van der Waals surface area (Å²) in [5, 5.41) is 18.7. The van der Waals surface area contributed by atoms with E-state index in [1.165, 1.54) is 0 Å². The summed E-state index contributed by atoms with van der Waals surface area (Å²) < 4.78 is 0. The third-order valence-corrected chi connectivity index (χ3v) is 3.81. The Morgan fingerprint density at radius 2 is 2.11 bits per heavy atom. The molecule has 1 saturated carbocycles. The number of hydrogen-bond acceptors (Lipinski definition) is 3. The first kappa shape index (κ1) is 13.6. The molecule has 19 heavy (non-hydrogen) atoms. The van der Waals surface area contributed by atoms with E-state index in [0.29, 0.717) is 19.4 Å². The molecule has 2 atom stereocenters. The monoisotopic (exact) mass is 265 g/mol. The van der Waals surface area contributed by atoms with Crippen LogP contribution >= 0.6 is 0 Å². The van der Waals surface area contributed by atoms with E-state index in [4.69, 9.17) is 5.11 Å². The van der Waals surface area contributed by atoms with E-state index in [1.807, 2.05) is 6.92 Å². The lowest BCUT2D eigenvalue weighted by molar-refractivity contribution is -0.148. The Hall–Kier alpha value is -1.85. The second-order valence-electron chi connectivity index (χ2n) is 5.07. The standard InChI is InChI=1S/C13H19N3O3/c1-8-9(7-15-16-8)6-14-12(17)10-4-2-3-5-11(10)13(18)19/h7,10-11H,2-6H2,1H3,(H,14,17)(H,15,16)(H,18,19). The summed E-state index contributed by atoms with van der Waals surface area (Å²) in [5.41, 5.74) is 1.84. The van der Waals surface area contributed by atoms with Crippen LogP contribution < -0.4 is 5.32 Å². The normalized spacial score (nSPS) is 23.0. The molecule has 1 amide bonds. The van der Waals surface area contributed by atoms with E-state index in [-0.39, 0.29) is 5.91 Å². The van der Waals surface area contributed by atoms with Crippen molar-refractivity contribution in [3.8, 4) is 0 Å². The average molecular weight is 265 g/mol. The number of nitrogens with zero attached hydrogens (tertiary/aromatic N) is 1. The highest BCUT2D eigenvalue weighted by Gasteiger charge is 2.35. The van der Waals surface area contributed by atoms with Crippen LogP contribution in [0.15, 0.2) is 6.20 Å². The zero-order chi connectivity index (χ0) is 13.8. The van der Waals surface area contributed by atoms with Gasteiger partial charge in [0.05, 0.1) is 18.0 Å². The van der Waals surface area contributed by atoms with Gasteiger partial charge in [0.2, 0.25) is 5.91 Å². The lowest BCUT2D eigenvalue weighted by Gasteiger charge is -2.27. The summed E-state index contributed by atoms with van der Waals surface area (Å²) in [7, 11) is 0. The first-order valence-electron chi connectivity index (χ1n) is 6.59. The molecule has 1 aromatic heterocycles. The van der Waals surface area contributed by atoms with Gasteiger partial charge in [-0.05, 0) is 19.8 Å². The van der Waals surface area contributed by atoms with Crippen LogP contribution in [0.2, 0.25) is 0 Å². The van der Waals surface area contributed by atoms with Crippen LogP contribution in [0.4, 0.5) is 0 Å². The maximum Gasteiger partial charge on any atom is 0.307 e. The Morgan fingerprint density at radius 1 is 1.42 bits per heavy atom. The van der Waals surface area contributed by atoms with Gasteiger partial charge in [0.25, 0.3) is 0 Å². The fraction of sp³-hybridized carbons (Fsp3) is 0.615. The minimum absolute atomic E-state index is 0.160. The molecule has 104 valence electrons. The molecule has 6 heteroatoms. The lowest BCUT2D eigenvalue weighted by Crippen LogP contribution is -2.39. The van der Waals surface area contributed by atoms with Crippen LogP contribution in [-0.4, -0.2) is 27.2 Å². The Labute approximate surface area is 111 Å². The number of carbonyl (C=O) groups excluding carboxylic acids is 1. The molecule has 0 radical (unpaired) electrons. The van der Waals surface area contributed by atoms with Crippen LogP contribution in [0.25, 0.3) is 0 Å². The first-order chi connectivity index (χ1) is 9.09. The molecule has 2 rings (SSSR count). The predicted octanol–water partition coefficient (Wildman–Crippen LogP) is 1.23. The lowest BCUT2D eigenvalue weighted by atomic mass is 9.78. The molecule has 1 aliphatic carbocycles. The maximum atomic E-state index is 12.1. The van der Waals surface area contributed by atoms with E-state index in [0.717, 1.165) is 24.1 Å². The number of amides is 1. The molecular weight excluding hydrogens is 246 g/mol. The van der Waals surface area contributed by atoms with E-state index < -0.39 is 17.8 Å². The van der Waals surface area contributed by atoms with Crippen molar-refractivity contribution in [2.24, 2.45) is 11.8 Å². The molecular formula is C13H19N3O3. The number of aryl methyl sites for hydroxylation is 1. The fourth-order valence-corrected chi connectivity index (χ4v) is 2.61. The summed E-state index contributed by atoms with van der Waals surface area (Å²) in [4.78, 5) is 23.3. The third-order valence-electron chi connectivity index (χ3n) is 3.81. The highest BCUT2D eigenvalue weighted by molar-refractivity contribution is 5.84. The number of hydrogen-bond donors (Lipinski definition) is 3. The fourth-order valence-electron chi connectivity index (χ4n) is 2.61. The van der Waals surface area contributed by atoms with Gasteiger partial charge < -0.3 is 10.4 Å². The summed E-state index contributed by atoms with van der Waals surface area (Å²) in [6, 6.07) is 0. The van der Waals surface area contributed by atoms with Gasteiger partial charge in [-0.1, -0.05) is 12.8 Å². The van der Waals surface area contributed by atoms with Crippen molar-refractivity contribution in [2.45, 2.75) is 39.2 Å². The molecule has 0 aromatic carbocycles. The first-order valence-corrected chi connectivity index (χ1v) is 6.59. The van der Waals surface area contributed by atoms with Gasteiger partial charge in [-0.15, -0.1) is 0 Å². The second kappa shape index (κ2) is 5.86. The topological polar surface area (TPSA) is 95.1 Å². The molecule has 0 aliphatic heterocycles. The van der Waals surface area contributed by atoms with Gasteiger partial charge in [-0.3, -0.25) is 14.7 Å². The van der Waals surface area contributed by atoms with E-state index >= 15 is 0 Å². The molecule has 1 fully saturated rings. The minimum atomic E-state index is -0.862. The summed E-state index contributed by atoms with van der Waals surface area (Å²) in [5.74, 6) is -1.97. The maximum absolute atomic E-state index is 12.1. The number of carbonyl (C=O) groups is 2. The summed E-state index contributed by atoms with van der Waals surface area (Å²) in [6.45, 7) is 2.28. The van der Waals surface area contributed by atoms with Gasteiger partial charge >= 0.3 is 5.97 Å². The quantitative estimate of drug-likeness (QED) is 0.763. The average Bonchev–Trinajstić information content (AvgIpc) is 2.81. The Kier molecular flexibility index (Phi) is 4.19. The van der Waals surface area contributed by atoms with Crippen molar-refractivity contribution in [1.29, 1.82) is 0 Å². The van der Waals surface area contributed by atoms with Gasteiger partial charge in [0.1, 0.15) is 0 Å². The molecule has 0 bridgehead atoms. The van der Waals surface area contributed by atoms with Gasteiger partial charge in [0, 0.05) is 17.8 Å². The largest absolute Gasteiger partial charge is 0.481 e. The number of aromatic nitrogens is 2. The number of carboxylic acid groups (broad SMARTS) is 1. The highest BCUT2D eigenvalue weighted by Crippen LogP contribution is 2.30. The van der Waals surface area contributed by atoms with Gasteiger partial charge in [0.15, 0.2) is 0 Å². The van der Waals surface area contributed by atoms with Crippen LogP contribution in [-0.2, 0) is 16.1 Å². The third kappa shape index (κ3) is 3.13. The SMILES string of the molecule is Cc1[nH]ncc1CNC(=O)C1CCCCC1C(=O)O. The zero-order valence-corrected chi connectivity index (χ0v) is 11.0. The van der Waals surface area contributed by atoms with E-state index in [9.17, 15) is 9.59 Å². The van der Waals surface area contributed by atoms with Crippen molar-refractivity contribution in [3.63, 3.8) is 0 Å². The smallest absolute Gasteiger partial charge is 0.307 e. The van der Waals surface area contributed by atoms with Crippen molar-refractivity contribution in [2.75, 3.05) is 0 Å². The molecule has 6 nitrogen and oxygen atoms in total. The predicted molar refractivity (Wildman–Crippen MR) is 68.3 cm³/mol. The number of carboxylic acids is 1. The molecule has 1 aromatic rings. The van der Waals surface area contributed by atoms with Crippen LogP contribution in [0.3, 0.4) is 0 Å². The van der Waals surface area contributed by atoms with E-state index in [2.05, 4.69) is 15.5 Å². The zero-order valence-electron chi connectivity index (χ0n) is 11.0. The van der Waals surface area contributed by atoms with Gasteiger partial charge in [-0.25, -0.2) is 0 Å². The van der Waals surface area contributed by atoms with Crippen molar-refractivity contribution >= 4 is 11.9 Å². The van der Waals surface area contributed by atoms with E-state index in [1.54, 1.807) is 6.20 Å². The molecule has 0 spiro atoms. The molecule has 2 unspecified atom stereocenters. The number of H-pyrrole nitrogens is 1. The Bertz CT molecular complexity index is 469. The van der Waals surface area contributed by atoms with Crippen molar-refractivity contribution in [3.05, 3.63) is 17.5 Å². The molecule has 3 N–H and O–H groups in total. The minimum Gasteiger partial charge on any atom is -0.481 e. The molecule has 1 aliphatic rings. The van der Waals surface area contributed by atoms with Crippen molar-refractivity contribution < 1.29 is 14.7 Å². The Morgan fingerprint density at radius 3 is 2.68 bits per heavy atom. The number of rotatable bonds is 4. The molecule has 1 heterocycles. The van der Waals surface area contributed by atoms with Crippen LogP contribution in [0, 0.1) is 18.8 Å². The van der Waals surface area contributed by atoms with Gasteiger partial charge in [-0.2, -0.15) is 5.10 Å². The highest BCUT2D eigenvalue weighted by atomic mass is 16.4. The second-order valence-corrected chi connectivity index (χ2v) is 5.07.